The number of hydrogen-bond donors (Lipinski definition) is 0. The molecule has 4 aromatic rings. The Morgan fingerprint density at radius 2 is 1.78 bits per heavy atom. The van der Waals surface area contributed by atoms with Crippen LogP contribution < -0.4 is 0 Å². The van der Waals surface area contributed by atoms with E-state index in [1.165, 1.54) is 9.75 Å². The van der Waals surface area contributed by atoms with Crippen molar-refractivity contribution in [1.29, 1.82) is 0 Å². The van der Waals surface area contributed by atoms with Gasteiger partial charge in [0.05, 0.1) is 16.3 Å². The first-order valence-corrected chi connectivity index (χ1v) is 9.89. The van der Waals surface area contributed by atoms with Gasteiger partial charge in [-0.2, -0.15) is 0 Å². The summed E-state index contributed by atoms with van der Waals surface area (Å²) in [5, 5.41) is 6.85. The van der Waals surface area contributed by atoms with Crippen LogP contribution in [0.4, 0.5) is 0 Å². The lowest BCUT2D eigenvalue weighted by molar-refractivity contribution is 1.34. The summed E-state index contributed by atoms with van der Waals surface area (Å²) in [4.78, 5) is 11.9. The Kier molecular flexibility index (Phi) is 4.03. The van der Waals surface area contributed by atoms with Crippen molar-refractivity contribution < 1.29 is 0 Å². The van der Waals surface area contributed by atoms with Crippen LogP contribution in [0, 0.1) is 6.92 Å². The molecule has 3 heterocycles. The fourth-order valence-corrected chi connectivity index (χ4v) is 4.95. The van der Waals surface area contributed by atoms with E-state index in [1.807, 2.05) is 30.3 Å². The average molecular weight is 375 g/mol. The lowest BCUT2D eigenvalue weighted by atomic mass is 10.1. The third-order valence-electron chi connectivity index (χ3n) is 3.38. The number of halogens is 1. The zero-order valence-electron chi connectivity index (χ0n) is 12.1. The van der Waals surface area contributed by atoms with Gasteiger partial charge in [-0.05, 0) is 30.5 Å². The Bertz CT molecular complexity index is 937. The largest absolute Gasteiger partial charge is 0.233 e. The maximum Gasteiger partial charge on any atom is 0.153 e. The van der Waals surface area contributed by atoms with Crippen LogP contribution >= 0.6 is 45.6 Å². The molecule has 0 saturated carbocycles. The van der Waals surface area contributed by atoms with Crippen LogP contribution in [0.1, 0.15) is 4.88 Å². The fourth-order valence-electron chi connectivity index (χ4n) is 2.27. The SMILES string of the molecule is Cc1sc(-c2nc(-c3cccs3)cs2)nc1-c1ccc(Cl)cc1. The lowest BCUT2D eigenvalue weighted by Gasteiger charge is -1.98. The molecule has 1 aromatic carbocycles. The van der Waals surface area contributed by atoms with Crippen molar-refractivity contribution in [1.82, 2.24) is 9.97 Å². The predicted molar refractivity (Wildman–Crippen MR) is 102 cm³/mol. The van der Waals surface area contributed by atoms with E-state index in [-0.39, 0.29) is 0 Å². The molecule has 0 radical (unpaired) electrons. The molecule has 0 fully saturated rings. The fraction of sp³-hybridized carbons (Fsp3) is 0.0588. The van der Waals surface area contributed by atoms with Crippen molar-refractivity contribution in [2.24, 2.45) is 0 Å². The second-order valence-corrected chi connectivity index (χ2v) is 8.39. The van der Waals surface area contributed by atoms with Gasteiger partial charge in [0, 0.05) is 20.8 Å². The molecular weight excluding hydrogens is 364 g/mol. The standard InChI is InChI=1S/C17H11ClN2S3/c1-10-15(11-4-6-12(18)7-5-11)20-17(23-10)16-19-13(9-22-16)14-3-2-8-21-14/h2-9H,1H3. The minimum absolute atomic E-state index is 0.738. The Labute approximate surface area is 151 Å². The molecule has 0 N–H and O–H groups in total. The summed E-state index contributed by atoms with van der Waals surface area (Å²) in [5.74, 6) is 0. The van der Waals surface area contributed by atoms with E-state index in [0.29, 0.717) is 0 Å². The Morgan fingerprint density at radius 1 is 0.957 bits per heavy atom. The maximum absolute atomic E-state index is 5.97. The lowest BCUT2D eigenvalue weighted by Crippen LogP contribution is -1.81. The molecule has 2 nitrogen and oxygen atoms in total. The van der Waals surface area contributed by atoms with Crippen molar-refractivity contribution in [3.05, 3.63) is 57.1 Å². The first kappa shape index (κ1) is 15.0. The normalized spacial score (nSPS) is 11.0. The number of rotatable bonds is 3. The van der Waals surface area contributed by atoms with E-state index in [0.717, 1.165) is 32.0 Å². The van der Waals surface area contributed by atoms with Crippen LogP contribution in [-0.4, -0.2) is 9.97 Å². The number of thiazole rings is 2. The van der Waals surface area contributed by atoms with Crippen molar-refractivity contribution >= 4 is 45.6 Å². The molecule has 0 aliphatic rings. The Morgan fingerprint density at radius 3 is 2.52 bits per heavy atom. The predicted octanol–water partition coefficient (Wildman–Crippen LogP) is 6.62. The van der Waals surface area contributed by atoms with E-state index in [1.54, 1.807) is 34.0 Å². The van der Waals surface area contributed by atoms with E-state index in [2.05, 4.69) is 23.8 Å². The number of aromatic nitrogens is 2. The monoisotopic (exact) mass is 374 g/mol. The second kappa shape index (κ2) is 6.17. The minimum atomic E-state index is 0.738. The number of hydrogen-bond acceptors (Lipinski definition) is 5. The highest BCUT2D eigenvalue weighted by molar-refractivity contribution is 7.21. The third-order valence-corrected chi connectivity index (χ3v) is 6.48. The summed E-state index contributed by atoms with van der Waals surface area (Å²) in [6.07, 6.45) is 0. The van der Waals surface area contributed by atoms with E-state index >= 15 is 0 Å². The Balaban J connectivity index is 1.71. The molecule has 3 aromatic heterocycles. The summed E-state index contributed by atoms with van der Waals surface area (Å²) in [7, 11) is 0. The van der Waals surface area contributed by atoms with E-state index < -0.39 is 0 Å². The van der Waals surface area contributed by atoms with Crippen molar-refractivity contribution in [3.63, 3.8) is 0 Å². The molecular formula is C17H11ClN2S3. The quantitative estimate of drug-likeness (QED) is 0.402. The molecule has 0 amide bonds. The van der Waals surface area contributed by atoms with Gasteiger partial charge in [0.2, 0.25) is 0 Å². The van der Waals surface area contributed by atoms with Crippen LogP contribution in [-0.2, 0) is 0 Å². The maximum atomic E-state index is 5.97. The molecule has 0 bridgehead atoms. The summed E-state index contributed by atoms with van der Waals surface area (Å²) in [6, 6.07) is 11.9. The molecule has 0 saturated heterocycles. The molecule has 23 heavy (non-hydrogen) atoms. The summed E-state index contributed by atoms with van der Waals surface area (Å²) in [5.41, 5.74) is 3.12. The van der Waals surface area contributed by atoms with Gasteiger partial charge in [0.25, 0.3) is 0 Å². The first-order chi connectivity index (χ1) is 11.2. The molecule has 114 valence electrons. The summed E-state index contributed by atoms with van der Waals surface area (Å²) in [6.45, 7) is 2.10. The Hall–Kier alpha value is -1.53. The molecule has 0 unspecified atom stereocenters. The van der Waals surface area contributed by atoms with Gasteiger partial charge >= 0.3 is 0 Å². The molecule has 4 rings (SSSR count). The average Bonchev–Trinajstić information content (AvgIpc) is 3.27. The van der Waals surface area contributed by atoms with E-state index in [4.69, 9.17) is 21.6 Å². The summed E-state index contributed by atoms with van der Waals surface area (Å²) >= 11 is 11.0. The summed E-state index contributed by atoms with van der Waals surface area (Å²) < 4.78 is 0. The van der Waals surface area contributed by atoms with Crippen LogP contribution in [0.2, 0.25) is 5.02 Å². The van der Waals surface area contributed by atoms with Crippen molar-refractivity contribution in [2.75, 3.05) is 0 Å². The molecule has 6 heteroatoms. The van der Waals surface area contributed by atoms with Crippen LogP contribution in [0.25, 0.3) is 31.8 Å². The zero-order valence-corrected chi connectivity index (χ0v) is 15.3. The highest BCUT2D eigenvalue weighted by atomic mass is 35.5. The van der Waals surface area contributed by atoms with Crippen LogP contribution in [0.15, 0.2) is 47.2 Å². The number of thiophene rings is 1. The molecule has 0 aliphatic heterocycles. The second-order valence-electron chi connectivity index (χ2n) is 4.95. The molecule has 0 spiro atoms. The highest BCUT2D eigenvalue weighted by Crippen LogP contribution is 2.37. The molecule has 0 aliphatic carbocycles. The van der Waals surface area contributed by atoms with E-state index in [9.17, 15) is 0 Å². The number of nitrogens with zero attached hydrogens (tertiary/aromatic N) is 2. The van der Waals surface area contributed by atoms with Crippen molar-refractivity contribution in [3.8, 4) is 31.8 Å². The number of benzene rings is 1. The van der Waals surface area contributed by atoms with Gasteiger partial charge in [-0.25, -0.2) is 9.97 Å². The minimum Gasteiger partial charge on any atom is -0.233 e. The van der Waals surface area contributed by atoms with Gasteiger partial charge in [-0.1, -0.05) is 29.8 Å². The van der Waals surface area contributed by atoms with Gasteiger partial charge in [-0.15, -0.1) is 34.0 Å². The first-order valence-electron chi connectivity index (χ1n) is 6.94. The topological polar surface area (TPSA) is 25.8 Å². The van der Waals surface area contributed by atoms with Crippen LogP contribution in [0.3, 0.4) is 0 Å². The smallest absolute Gasteiger partial charge is 0.153 e. The van der Waals surface area contributed by atoms with Gasteiger partial charge in [-0.3, -0.25) is 0 Å². The highest BCUT2D eigenvalue weighted by Gasteiger charge is 2.15. The van der Waals surface area contributed by atoms with Crippen LogP contribution in [0.5, 0.6) is 0 Å². The van der Waals surface area contributed by atoms with Gasteiger partial charge in [0.15, 0.2) is 10.0 Å². The van der Waals surface area contributed by atoms with Gasteiger partial charge in [0.1, 0.15) is 0 Å². The third kappa shape index (κ3) is 2.97. The van der Waals surface area contributed by atoms with Gasteiger partial charge < -0.3 is 0 Å². The van der Waals surface area contributed by atoms with Crippen molar-refractivity contribution in [2.45, 2.75) is 6.92 Å². The zero-order chi connectivity index (χ0) is 15.8. The number of aryl methyl sites for hydroxylation is 1. The molecule has 0 atom stereocenters.